The van der Waals surface area contributed by atoms with Crippen LogP contribution in [0.15, 0.2) is 18.2 Å². The van der Waals surface area contributed by atoms with E-state index < -0.39 is 0 Å². The van der Waals surface area contributed by atoms with Crippen LogP contribution in [-0.2, 0) is 11.3 Å². The van der Waals surface area contributed by atoms with Crippen LogP contribution in [0.25, 0.3) is 0 Å². The fraction of sp³-hybridized carbons (Fsp3) is 0.529. The second-order valence-electron chi connectivity index (χ2n) is 5.37. The first-order valence-corrected chi connectivity index (χ1v) is 6.92. The number of ether oxygens (including phenoxy) is 3. The van der Waals surface area contributed by atoms with Crippen molar-refractivity contribution in [3.05, 3.63) is 23.8 Å². The molecule has 0 aliphatic heterocycles. The predicted molar refractivity (Wildman–Crippen MR) is 84.7 cm³/mol. The van der Waals surface area contributed by atoms with Crippen molar-refractivity contribution in [1.82, 2.24) is 4.90 Å². The van der Waals surface area contributed by atoms with Crippen molar-refractivity contribution >= 4 is 0 Å². The number of hydrogen-bond donors (Lipinski definition) is 0. The maximum Gasteiger partial charge on any atom is 0.161 e. The summed E-state index contributed by atoms with van der Waals surface area (Å²) in [5.74, 6) is 4.20. The zero-order chi connectivity index (χ0) is 15.9. The van der Waals surface area contributed by atoms with Gasteiger partial charge in [0.15, 0.2) is 11.5 Å². The van der Waals surface area contributed by atoms with Crippen LogP contribution in [-0.4, -0.2) is 44.9 Å². The number of likely N-dealkylation sites (N-methyl/N-ethyl adjacent to an activating group) is 1. The van der Waals surface area contributed by atoms with Crippen LogP contribution in [0, 0.1) is 12.3 Å². The normalized spacial score (nSPS) is 11.3. The van der Waals surface area contributed by atoms with E-state index in [0.29, 0.717) is 19.0 Å². The van der Waals surface area contributed by atoms with E-state index in [1.165, 1.54) is 0 Å². The van der Waals surface area contributed by atoms with Crippen LogP contribution in [0.4, 0.5) is 0 Å². The molecule has 0 amide bonds. The van der Waals surface area contributed by atoms with Gasteiger partial charge in [0.25, 0.3) is 0 Å². The van der Waals surface area contributed by atoms with Crippen LogP contribution < -0.4 is 9.47 Å². The molecule has 0 aliphatic carbocycles. The van der Waals surface area contributed by atoms with E-state index in [2.05, 4.69) is 10.8 Å². The molecule has 1 aromatic rings. The topological polar surface area (TPSA) is 30.9 Å². The molecular weight excluding hydrogens is 266 g/mol. The predicted octanol–water partition coefficient (Wildman–Crippen LogP) is 2.56. The van der Waals surface area contributed by atoms with Gasteiger partial charge in [0.1, 0.15) is 0 Å². The number of benzene rings is 1. The summed E-state index contributed by atoms with van der Waals surface area (Å²) in [5, 5.41) is 0. The molecule has 0 fully saturated rings. The number of terminal acetylenes is 1. The Bertz CT molecular complexity index is 491. The molecule has 1 aromatic carbocycles. The summed E-state index contributed by atoms with van der Waals surface area (Å²) in [4.78, 5) is 2.10. The van der Waals surface area contributed by atoms with Gasteiger partial charge in [-0.1, -0.05) is 12.0 Å². The molecule has 0 aliphatic rings. The van der Waals surface area contributed by atoms with Gasteiger partial charge in [-0.05, 0) is 38.6 Å². The van der Waals surface area contributed by atoms with Gasteiger partial charge in [-0.3, -0.25) is 4.90 Å². The summed E-state index contributed by atoms with van der Waals surface area (Å²) >= 11 is 0. The quantitative estimate of drug-likeness (QED) is 0.544. The number of rotatable bonds is 8. The lowest BCUT2D eigenvalue weighted by Gasteiger charge is -2.30. The van der Waals surface area contributed by atoms with Gasteiger partial charge in [0.05, 0.1) is 33.0 Å². The first kappa shape index (κ1) is 17.4. The van der Waals surface area contributed by atoms with Gasteiger partial charge in [-0.25, -0.2) is 0 Å². The van der Waals surface area contributed by atoms with Crippen molar-refractivity contribution in [3.8, 4) is 23.8 Å². The Hall–Kier alpha value is -1.70. The SMILES string of the molecule is C#CC(C)(C)N(C)CCOCc1ccc(OC)c(OC)c1. The Morgan fingerprint density at radius 1 is 1.19 bits per heavy atom. The maximum atomic E-state index is 5.70. The van der Waals surface area contributed by atoms with Gasteiger partial charge in [-0.15, -0.1) is 6.42 Å². The van der Waals surface area contributed by atoms with Crippen molar-refractivity contribution in [2.75, 3.05) is 34.4 Å². The lowest BCUT2D eigenvalue weighted by atomic mass is 10.1. The molecule has 4 nitrogen and oxygen atoms in total. The van der Waals surface area contributed by atoms with Crippen LogP contribution in [0.2, 0.25) is 0 Å². The zero-order valence-corrected chi connectivity index (χ0v) is 13.6. The first-order chi connectivity index (χ1) is 9.94. The summed E-state index contributed by atoms with van der Waals surface area (Å²) < 4.78 is 16.2. The van der Waals surface area contributed by atoms with Gasteiger partial charge in [0.2, 0.25) is 0 Å². The highest BCUT2D eigenvalue weighted by Crippen LogP contribution is 2.27. The molecule has 0 unspecified atom stereocenters. The summed E-state index contributed by atoms with van der Waals surface area (Å²) in [5.41, 5.74) is 0.790. The lowest BCUT2D eigenvalue weighted by Crippen LogP contribution is -2.41. The largest absolute Gasteiger partial charge is 0.493 e. The van der Waals surface area contributed by atoms with Crippen molar-refractivity contribution in [2.45, 2.75) is 26.0 Å². The third-order valence-corrected chi connectivity index (χ3v) is 3.60. The molecule has 0 radical (unpaired) electrons. The van der Waals surface area contributed by atoms with E-state index in [-0.39, 0.29) is 5.54 Å². The summed E-state index contributed by atoms with van der Waals surface area (Å²) in [6.07, 6.45) is 5.50. The van der Waals surface area contributed by atoms with Gasteiger partial charge in [-0.2, -0.15) is 0 Å². The highest BCUT2D eigenvalue weighted by Gasteiger charge is 2.19. The monoisotopic (exact) mass is 291 g/mol. The average molecular weight is 291 g/mol. The van der Waals surface area contributed by atoms with Crippen LogP contribution >= 0.6 is 0 Å². The Morgan fingerprint density at radius 3 is 2.43 bits per heavy atom. The molecule has 0 N–H and O–H groups in total. The zero-order valence-electron chi connectivity index (χ0n) is 13.6. The molecule has 116 valence electrons. The van der Waals surface area contributed by atoms with E-state index in [1.807, 2.05) is 39.1 Å². The summed E-state index contributed by atoms with van der Waals surface area (Å²) in [6, 6.07) is 5.77. The molecule has 0 heterocycles. The maximum absolute atomic E-state index is 5.70. The Morgan fingerprint density at radius 2 is 1.86 bits per heavy atom. The van der Waals surface area contributed by atoms with Gasteiger partial charge >= 0.3 is 0 Å². The van der Waals surface area contributed by atoms with Crippen LogP contribution in [0.3, 0.4) is 0 Å². The van der Waals surface area contributed by atoms with E-state index in [4.69, 9.17) is 20.6 Å². The third-order valence-electron chi connectivity index (χ3n) is 3.60. The second-order valence-corrected chi connectivity index (χ2v) is 5.37. The Kier molecular flexibility index (Phi) is 6.54. The van der Waals surface area contributed by atoms with E-state index in [9.17, 15) is 0 Å². The number of nitrogens with zero attached hydrogens (tertiary/aromatic N) is 1. The molecular formula is C17H25NO3. The minimum absolute atomic E-state index is 0.257. The fourth-order valence-corrected chi connectivity index (χ4v) is 1.75. The highest BCUT2D eigenvalue weighted by molar-refractivity contribution is 5.42. The molecule has 0 atom stereocenters. The van der Waals surface area contributed by atoms with Crippen molar-refractivity contribution < 1.29 is 14.2 Å². The Labute approximate surface area is 128 Å². The van der Waals surface area contributed by atoms with Crippen molar-refractivity contribution in [3.63, 3.8) is 0 Å². The molecule has 0 aromatic heterocycles. The molecule has 0 saturated carbocycles. The van der Waals surface area contributed by atoms with Gasteiger partial charge in [0, 0.05) is 6.54 Å². The van der Waals surface area contributed by atoms with E-state index >= 15 is 0 Å². The first-order valence-electron chi connectivity index (χ1n) is 6.92. The molecule has 0 saturated heterocycles. The van der Waals surface area contributed by atoms with Crippen molar-refractivity contribution in [2.24, 2.45) is 0 Å². The molecule has 0 spiro atoms. The van der Waals surface area contributed by atoms with E-state index in [0.717, 1.165) is 17.9 Å². The standard InChI is InChI=1S/C17H25NO3/c1-7-17(2,3)18(4)10-11-21-13-14-8-9-15(19-5)16(12-14)20-6/h1,8-9,12H,10-11,13H2,2-6H3. The summed E-state index contributed by atoms with van der Waals surface area (Å²) in [6.45, 7) is 5.97. The van der Waals surface area contributed by atoms with Gasteiger partial charge < -0.3 is 14.2 Å². The average Bonchev–Trinajstić information content (AvgIpc) is 2.50. The number of methoxy groups -OCH3 is 2. The highest BCUT2D eigenvalue weighted by atomic mass is 16.5. The van der Waals surface area contributed by atoms with Crippen molar-refractivity contribution in [1.29, 1.82) is 0 Å². The number of hydrogen-bond acceptors (Lipinski definition) is 4. The van der Waals surface area contributed by atoms with E-state index in [1.54, 1.807) is 14.2 Å². The fourth-order valence-electron chi connectivity index (χ4n) is 1.75. The minimum Gasteiger partial charge on any atom is -0.493 e. The third kappa shape index (κ3) is 4.96. The molecule has 21 heavy (non-hydrogen) atoms. The minimum atomic E-state index is -0.257. The smallest absolute Gasteiger partial charge is 0.161 e. The molecule has 1 rings (SSSR count). The second kappa shape index (κ2) is 7.92. The lowest BCUT2D eigenvalue weighted by molar-refractivity contribution is 0.0814. The molecule has 0 bridgehead atoms. The summed E-state index contributed by atoms with van der Waals surface area (Å²) in [7, 11) is 5.25. The van der Waals surface area contributed by atoms with Crippen LogP contribution in [0.1, 0.15) is 19.4 Å². The Balaban J connectivity index is 2.45. The molecule has 4 heteroatoms. The van der Waals surface area contributed by atoms with Crippen LogP contribution in [0.5, 0.6) is 11.5 Å².